The van der Waals surface area contributed by atoms with E-state index in [0.717, 1.165) is 0 Å². The third kappa shape index (κ3) is 2.96. The summed E-state index contributed by atoms with van der Waals surface area (Å²) in [6.07, 6.45) is 0. The van der Waals surface area contributed by atoms with Gasteiger partial charge in [0.05, 0.1) is 4.92 Å². The number of nitrogens with zero attached hydrogens (tertiary/aromatic N) is 1. The predicted octanol–water partition coefficient (Wildman–Crippen LogP) is 1.52. The average molecular weight is 283 g/mol. The van der Waals surface area contributed by atoms with Gasteiger partial charge in [0.2, 0.25) is 5.91 Å². The summed E-state index contributed by atoms with van der Waals surface area (Å²) in [5.74, 6) is -0.136. The Morgan fingerprint density at radius 2 is 2.33 bits per heavy atom. The van der Waals surface area contributed by atoms with Crippen LogP contribution >= 0.6 is 24.0 Å². The highest BCUT2D eigenvalue weighted by Gasteiger charge is 2.28. The molecule has 2 N–H and O–H groups in total. The first kappa shape index (κ1) is 12.8. The Kier molecular flexibility index (Phi) is 3.78. The summed E-state index contributed by atoms with van der Waals surface area (Å²) in [6.45, 7) is 0.373. The van der Waals surface area contributed by atoms with Crippen LogP contribution in [0.3, 0.4) is 0 Å². The Morgan fingerprint density at radius 3 is 2.94 bits per heavy atom. The molecule has 0 aliphatic carbocycles. The number of hydrogen-bond donors (Lipinski definition) is 2. The van der Waals surface area contributed by atoms with Gasteiger partial charge in [0.25, 0.3) is 5.69 Å². The first-order valence-corrected chi connectivity index (χ1v) is 6.35. The summed E-state index contributed by atoms with van der Waals surface area (Å²) in [7, 11) is 0. The lowest BCUT2D eigenvalue weighted by atomic mass is 10.2. The van der Waals surface area contributed by atoms with E-state index in [2.05, 4.69) is 10.6 Å². The quantitative estimate of drug-likeness (QED) is 0.495. The largest absolute Gasteiger partial charge is 0.383 e. The molecular weight excluding hydrogens is 274 g/mol. The number of benzene rings is 1. The molecule has 1 heterocycles. The molecule has 8 heteroatoms. The molecule has 1 saturated heterocycles. The van der Waals surface area contributed by atoms with Crippen LogP contribution in [0.25, 0.3) is 0 Å². The molecule has 0 spiro atoms. The first-order chi connectivity index (χ1) is 8.56. The summed E-state index contributed by atoms with van der Waals surface area (Å²) in [5.41, 5.74) is 0.620. The number of anilines is 1. The van der Waals surface area contributed by atoms with Gasteiger partial charge in [0.15, 0.2) is 0 Å². The lowest BCUT2D eigenvalue weighted by Gasteiger charge is -2.08. The van der Waals surface area contributed by atoms with Crippen LogP contribution in [-0.2, 0) is 4.79 Å². The van der Waals surface area contributed by atoms with E-state index in [4.69, 9.17) is 12.2 Å². The molecule has 2 rings (SSSR count). The fraction of sp³-hybridized carbons (Fsp3) is 0.200. The SMILES string of the molecule is O=C1NC(=S)S[C@H]1CNc1cccc([N+](=O)[O-])c1. The molecule has 0 aromatic heterocycles. The number of nitro groups is 1. The summed E-state index contributed by atoms with van der Waals surface area (Å²) in [6, 6.07) is 6.14. The second-order valence-corrected chi connectivity index (χ2v) is 5.45. The van der Waals surface area contributed by atoms with Crippen LogP contribution < -0.4 is 10.6 Å². The number of non-ortho nitro benzene ring substituents is 1. The molecule has 6 nitrogen and oxygen atoms in total. The van der Waals surface area contributed by atoms with Crippen molar-refractivity contribution in [3.05, 3.63) is 34.4 Å². The first-order valence-electron chi connectivity index (χ1n) is 5.06. The van der Waals surface area contributed by atoms with Gasteiger partial charge in [-0.3, -0.25) is 14.9 Å². The lowest BCUT2D eigenvalue weighted by Crippen LogP contribution is -2.28. The summed E-state index contributed by atoms with van der Waals surface area (Å²) in [4.78, 5) is 21.6. The molecule has 0 bridgehead atoms. The summed E-state index contributed by atoms with van der Waals surface area (Å²) < 4.78 is 0.464. The molecule has 1 aromatic rings. The molecule has 1 amide bonds. The minimum atomic E-state index is -0.461. The fourth-order valence-corrected chi connectivity index (χ4v) is 2.67. The second-order valence-electron chi connectivity index (χ2n) is 3.57. The number of rotatable bonds is 4. The summed E-state index contributed by atoms with van der Waals surface area (Å²) >= 11 is 6.15. The molecule has 0 radical (unpaired) electrons. The summed E-state index contributed by atoms with van der Waals surface area (Å²) in [5, 5.41) is 15.8. The Hall–Kier alpha value is -1.67. The number of nitro benzene ring substituents is 1. The van der Waals surface area contributed by atoms with Gasteiger partial charge in [-0.25, -0.2) is 0 Å². The highest BCUT2D eigenvalue weighted by molar-refractivity contribution is 8.24. The zero-order chi connectivity index (χ0) is 13.1. The van der Waals surface area contributed by atoms with Crippen molar-refractivity contribution in [2.45, 2.75) is 5.25 Å². The standard InChI is InChI=1S/C10H9N3O3S2/c14-9-8(18-10(17)12-9)5-11-6-2-1-3-7(4-6)13(15)16/h1-4,8,11H,5H2,(H,12,14,17)/t8-/m0/s1. The van der Waals surface area contributed by atoms with E-state index in [1.165, 1.54) is 23.9 Å². The van der Waals surface area contributed by atoms with E-state index in [1.54, 1.807) is 12.1 Å². The zero-order valence-electron chi connectivity index (χ0n) is 9.08. The van der Waals surface area contributed by atoms with Gasteiger partial charge in [-0.15, -0.1) is 0 Å². The Balaban J connectivity index is 1.98. The van der Waals surface area contributed by atoms with Crippen LogP contribution in [0.1, 0.15) is 0 Å². The van der Waals surface area contributed by atoms with Crippen molar-refractivity contribution in [3.63, 3.8) is 0 Å². The monoisotopic (exact) mass is 283 g/mol. The van der Waals surface area contributed by atoms with Crippen molar-refractivity contribution in [1.29, 1.82) is 0 Å². The second kappa shape index (κ2) is 5.32. The Labute approximate surface area is 112 Å². The van der Waals surface area contributed by atoms with Gasteiger partial charge in [-0.1, -0.05) is 30.0 Å². The van der Waals surface area contributed by atoms with Crippen LogP contribution in [0.15, 0.2) is 24.3 Å². The third-order valence-corrected chi connectivity index (χ3v) is 3.69. The van der Waals surface area contributed by atoms with Gasteiger partial charge in [0.1, 0.15) is 9.57 Å². The minimum absolute atomic E-state index is 0.0130. The number of hydrogen-bond acceptors (Lipinski definition) is 6. The molecule has 18 heavy (non-hydrogen) atoms. The average Bonchev–Trinajstić information content (AvgIpc) is 2.65. The van der Waals surface area contributed by atoms with E-state index < -0.39 is 4.92 Å². The van der Waals surface area contributed by atoms with Crippen LogP contribution in [0.2, 0.25) is 0 Å². The topological polar surface area (TPSA) is 84.3 Å². The van der Waals surface area contributed by atoms with E-state index in [9.17, 15) is 14.9 Å². The normalized spacial score (nSPS) is 18.6. The van der Waals surface area contributed by atoms with E-state index in [0.29, 0.717) is 16.6 Å². The molecule has 0 unspecified atom stereocenters. The molecule has 1 aliphatic heterocycles. The minimum Gasteiger partial charge on any atom is -0.383 e. The number of nitrogens with one attached hydrogen (secondary N) is 2. The van der Waals surface area contributed by atoms with Crippen LogP contribution in [0.4, 0.5) is 11.4 Å². The predicted molar refractivity (Wildman–Crippen MR) is 73.7 cm³/mol. The maximum atomic E-state index is 11.4. The van der Waals surface area contributed by atoms with Crippen LogP contribution in [0.5, 0.6) is 0 Å². The molecule has 1 aliphatic rings. The van der Waals surface area contributed by atoms with Crippen molar-refractivity contribution >= 4 is 45.6 Å². The number of carbonyl (C=O) groups excluding carboxylic acids is 1. The van der Waals surface area contributed by atoms with Gasteiger partial charge in [0, 0.05) is 24.4 Å². The van der Waals surface area contributed by atoms with E-state index >= 15 is 0 Å². The lowest BCUT2D eigenvalue weighted by molar-refractivity contribution is -0.384. The molecule has 1 atom stereocenters. The molecule has 94 valence electrons. The Morgan fingerprint density at radius 1 is 1.56 bits per heavy atom. The fourth-order valence-electron chi connectivity index (χ4n) is 1.47. The molecule has 0 saturated carbocycles. The molecule has 1 fully saturated rings. The Bertz CT molecular complexity index is 521. The van der Waals surface area contributed by atoms with Crippen molar-refractivity contribution in [2.24, 2.45) is 0 Å². The van der Waals surface area contributed by atoms with Crippen molar-refractivity contribution < 1.29 is 9.72 Å². The molecular formula is C10H9N3O3S2. The van der Waals surface area contributed by atoms with Gasteiger partial charge < -0.3 is 10.6 Å². The van der Waals surface area contributed by atoms with E-state index in [1.807, 2.05) is 0 Å². The highest BCUT2D eigenvalue weighted by Crippen LogP contribution is 2.21. The maximum Gasteiger partial charge on any atom is 0.271 e. The van der Waals surface area contributed by atoms with Gasteiger partial charge in [-0.05, 0) is 6.07 Å². The number of carbonyl (C=O) groups is 1. The van der Waals surface area contributed by atoms with Crippen LogP contribution in [0, 0.1) is 10.1 Å². The van der Waals surface area contributed by atoms with Crippen LogP contribution in [-0.4, -0.2) is 26.9 Å². The van der Waals surface area contributed by atoms with Crippen molar-refractivity contribution in [1.82, 2.24) is 5.32 Å². The van der Waals surface area contributed by atoms with E-state index in [-0.39, 0.29) is 16.8 Å². The maximum absolute atomic E-state index is 11.4. The van der Waals surface area contributed by atoms with Crippen molar-refractivity contribution in [3.8, 4) is 0 Å². The van der Waals surface area contributed by atoms with Crippen molar-refractivity contribution in [2.75, 3.05) is 11.9 Å². The van der Waals surface area contributed by atoms with Gasteiger partial charge in [-0.2, -0.15) is 0 Å². The smallest absolute Gasteiger partial charge is 0.271 e. The van der Waals surface area contributed by atoms with Gasteiger partial charge >= 0.3 is 0 Å². The number of thiocarbonyl (C=S) groups is 1. The number of thioether (sulfide) groups is 1. The third-order valence-electron chi connectivity index (χ3n) is 2.32. The number of amides is 1. The molecule has 1 aromatic carbocycles. The zero-order valence-corrected chi connectivity index (χ0v) is 10.7. The highest BCUT2D eigenvalue weighted by atomic mass is 32.2.